The van der Waals surface area contributed by atoms with Gasteiger partial charge in [-0.1, -0.05) is 52.6 Å². The molecule has 34 heavy (non-hydrogen) atoms. The third kappa shape index (κ3) is 4.15. The summed E-state index contributed by atoms with van der Waals surface area (Å²) in [5.41, 5.74) is -3.82. The molecule has 2 aromatic rings. The number of nitrogens with zero attached hydrogens (tertiary/aromatic N) is 2. The van der Waals surface area contributed by atoms with Crippen molar-refractivity contribution in [2.24, 2.45) is 11.1 Å². The first-order valence-corrected chi connectivity index (χ1v) is 11.6. The summed E-state index contributed by atoms with van der Waals surface area (Å²) >= 11 is 11.9. The Hall–Kier alpha value is -2.32. The maximum atomic E-state index is 15.3. The molecule has 3 aliphatic rings. The second-order valence-corrected chi connectivity index (χ2v) is 10.1. The average molecular weight is 515 g/mol. The van der Waals surface area contributed by atoms with Crippen LogP contribution in [0.4, 0.5) is 17.6 Å². The molecule has 0 bridgehead atoms. The molecule has 180 valence electrons. The van der Waals surface area contributed by atoms with E-state index in [1.807, 2.05) is 0 Å². The second kappa shape index (κ2) is 8.12. The van der Waals surface area contributed by atoms with Gasteiger partial charge in [-0.3, -0.25) is 4.79 Å². The Bertz CT molecular complexity index is 1140. The van der Waals surface area contributed by atoms with Crippen LogP contribution in [0.5, 0.6) is 0 Å². The number of carbonyl (C=O) groups is 1. The molecular formula is C24H20Cl2F4N2O2. The zero-order valence-corrected chi connectivity index (χ0v) is 19.4. The molecule has 0 radical (unpaired) electrons. The van der Waals surface area contributed by atoms with Gasteiger partial charge >= 0.3 is 6.18 Å². The Kier molecular flexibility index (Phi) is 5.60. The Morgan fingerprint density at radius 3 is 2.24 bits per heavy atom. The van der Waals surface area contributed by atoms with Gasteiger partial charge < -0.3 is 9.74 Å². The summed E-state index contributed by atoms with van der Waals surface area (Å²) in [6.45, 7) is -0.0384. The topological polar surface area (TPSA) is 41.9 Å². The van der Waals surface area contributed by atoms with E-state index in [1.54, 1.807) is 0 Å². The SMILES string of the molecule is O=C(CC1CC1)N1CC(F)(c2ccc(C3=NOC(c4cc(Cl)cc(Cl)c4)(C(F)(F)F)C3)cc2)C1. The lowest BCUT2D eigenvalue weighted by Gasteiger charge is -2.45. The molecule has 1 amide bonds. The van der Waals surface area contributed by atoms with Crippen molar-refractivity contribution >= 4 is 34.8 Å². The average Bonchev–Trinajstić information content (AvgIpc) is 3.42. The van der Waals surface area contributed by atoms with E-state index in [4.69, 9.17) is 28.0 Å². The Morgan fingerprint density at radius 2 is 1.68 bits per heavy atom. The summed E-state index contributed by atoms with van der Waals surface area (Å²) in [5, 5.41) is 3.81. The number of oxime groups is 1. The predicted molar refractivity (Wildman–Crippen MR) is 120 cm³/mol. The van der Waals surface area contributed by atoms with Gasteiger partial charge in [0.25, 0.3) is 5.60 Å². The van der Waals surface area contributed by atoms with Crippen molar-refractivity contribution in [2.45, 2.75) is 43.1 Å². The van der Waals surface area contributed by atoms with Crippen molar-refractivity contribution in [3.8, 4) is 0 Å². The number of hydrogen-bond acceptors (Lipinski definition) is 3. The monoisotopic (exact) mass is 514 g/mol. The third-order valence-electron chi connectivity index (χ3n) is 6.65. The van der Waals surface area contributed by atoms with E-state index in [0.29, 0.717) is 23.5 Å². The molecule has 4 nitrogen and oxygen atoms in total. The molecule has 1 atom stereocenters. The van der Waals surface area contributed by atoms with Crippen molar-refractivity contribution in [3.63, 3.8) is 0 Å². The molecule has 0 aromatic heterocycles. The zero-order valence-electron chi connectivity index (χ0n) is 17.8. The largest absolute Gasteiger partial charge is 0.435 e. The Balaban J connectivity index is 1.32. The van der Waals surface area contributed by atoms with Gasteiger partial charge in [-0.25, -0.2) is 4.39 Å². The van der Waals surface area contributed by atoms with Gasteiger partial charge in [0.1, 0.15) is 0 Å². The van der Waals surface area contributed by atoms with Gasteiger partial charge in [-0.15, -0.1) is 0 Å². The number of likely N-dealkylation sites (tertiary alicyclic amines) is 1. The van der Waals surface area contributed by atoms with Crippen molar-refractivity contribution in [1.29, 1.82) is 0 Å². The van der Waals surface area contributed by atoms with E-state index in [0.717, 1.165) is 25.0 Å². The molecule has 0 N–H and O–H groups in total. The highest BCUT2D eigenvalue weighted by molar-refractivity contribution is 6.34. The summed E-state index contributed by atoms with van der Waals surface area (Å²) < 4.78 is 57.7. The first kappa shape index (κ1) is 23.4. The van der Waals surface area contributed by atoms with Gasteiger partial charge in [0.15, 0.2) is 5.67 Å². The fourth-order valence-electron chi connectivity index (χ4n) is 4.42. The molecule has 1 saturated carbocycles. The molecule has 0 spiro atoms. The van der Waals surface area contributed by atoms with E-state index in [9.17, 15) is 18.0 Å². The molecule has 2 fully saturated rings. The van der Waals surface area contributed by atoms with Crippen LogP contribution in [0, 0.1) is 5.92 Å². The second-order valence-electron chi connectivity index (χ2n) is 9.23. The molecule has 10 heteroatoms. The van der Waals surface area contributed by atoms with E-state index in [2.05, 4.69) is 5.16 Å². The fourth-order valence-corrected chi connectivity index (χ4v) is 4.95. The highest BCUT2D eigenvalue weighted by Gasteiger charge is 2.62. The van der Waals surface area contributed by atoms with Gasteiger partial charge in [0, 0.05) is 28.5 Å². The highest BCUT2D eigenvalue weighted by atomic mass is 35.5. The van der Waals surface area contributed by atoms with E-state index in [-0.39, 0.29) is 40.3 Å². The van der Waals surface area contributed by atoms with Gasteiger partial charge in [-0.05, 0) is 48.1 Å². The number of hydrogen-bond donors (Lipinski definition) is 0. The summed E-state index contributed by atoms with van der Waals surface area (Å²) in [6, 6.07) is 9.72. The van der Waals surface area contributed by atoms with E-state index in [1.165, 1.54) is 35.2 Å². The van der Waals surface area contributed by atoms with Crippen molar-refractivity contribution in [3.05, 3.63) is 69.2 Å². The molecule has 1 aliphatic carbocycles. The molecule has 1 saturated heterocycles. The van der Waals surface area contributed by atoms with E-state index < -0.39 is 23.9 Å². The number of rotatable bonds is 5. The maximum Gasteiger partial charge on any atom is 0.435 e. The summed E-state index contributed by atoms with van der Waals surface area (Å²) in [5.74, 6) is 0.400. The summed E-state index contributed by atoms with van der Waals surface area (Å²) in [7, 11) is 0. The third-order valence-corrected chi connectivity index (χ3v) is 7.08. The highest BCUT2D eigenvalue weighted by Crippen LogP contribution is 2.50. The molecule has 1 unspecified atom stereocenters. The number of carbonyl (C=O) groups excluding carboxylic acids is 1. The van der Waals surface area contributed by atoms with Crippen LogP contribution in [-0.2, 0) is 20.9 Å². The first-order chi connectivity index (χ1) is 16.0. The summed E-state index contributed by atoms with van der Waals surface area (Å²) in [6.07, 6.45) is -2.81. The molecular weight excluding hydrogens is 495 g/mol. The van der Waals surface area contributed by atoms with Crippen LogP contribution in [0.1, 0.15) is 42.4 Å². The van der Waals surface area contributed by atoms with Crippen LogP contribution in [0.3, 0.4) is 0 Å². The Morgan fingerprint density at radius 1 is 1.06 bits per heavy atom. The van der Waals surface area contributed by atoms with Crippen molar-refractivity contribution < 1.29 is 27.2 Å². The van der Waals surface area contributed by atoms with Gasteiger partial charge in [-0.2, -0.15) is 13.2 Å². The number of benzene rings is 2. The normalized spacial score (nSPS) is 23.8. The minimum absolute atomic E-state index is 0.0192. The number of alkyl halides is 4. The molecule has 2 aliphatic heterocycles. The van der Waals surface area contributed by atoms with E-state index >= 15 is 4.39 Å². The number of amides is 1. The molecule has 2 aromatic carbocycles. The van der Waals surface area contributed by atoms with Crippen molar-refractivity contribution in [1.82, 2.24) is 4.90 Å². The standard InChI is InChI=1S/C24H20Cl2F4N2O2/c25-18-8-17(9-19(26)10-18)23(24(28,29)30)11-20(31-34-23)15-3-5-16(6-4-15)22(27)12-32(13-22)21(33)7-14-1-2-14/h3-6,8-10,14H,1-2,7,11-13H2. The van der Waals surface area contributed by atoms with Crippen LogP contribution in [0.15, 0.2) is 47.6 Å². The predicted octanol–water partition coefficient (Wildman–Crippen LogP) is 6.38. The van der Waals surface area contributed by atoms with Gasteiger partial charge in [0.05, 0.1) is 18.8 Å². The first-order valence-electron chi connectivity index (χ1n) is 10.9. The number of halogens is 6. The van der Waals surface area contributed by atoms with Crippen LogP contribution >= 0.6 is 23.2 Å². The minimum atomic E-state index is -4.79. The van der Waals surface area contributed by atoms with Crippen LogP contribution in [0.25, 0.3) is 0 Å². The van der Waals surface area contributed by atoms with Crippen LogP contribution in [-0.4, -0.2) is 35.8 Å². The van der Waals surface area contributed by atoms with Gasteiger partial charge in [0.2, 0.25) is 5.91 Å². The molecule has 2 heterocycles. The molecule has 5 rings (SSSR count). The lowest BCUT2D eigenvalue weighted by molar-refractivity contribution is -0.275. The van der Waals surface area contributed by atoms with Crippen LogP contribution < -0.4 is 0 Å². The fraction of sp³-hybridized carbons (Fsp3) is 0.417. The maximum absolute atomic E-state index is 15.3. The van der Waals surface area contributed by atoms with Crippen LogP contribution in [0.2, 0.25) is 10.0 Å². The smallest absolute Gasteiger partial charge is 0.374 e. The zero-order chi connectivity index (χ0) is 24.3. The Labute approximate surface area is 203 Å². The van der Waals surface area contributed by atoms with Crippen molar-refractivity contribution in [2.75, 3.05) is 13.1 Å². The lowest BCUT2D eigenvalue weighted by atomic mass is 9.84. The summed E-state index contributed by atoms with van der Waals surface area (Å²) in [4.78, 5) is 18.7. The quantitative estimate of drug-likeness (QED) is 0.434. The minimum Gasteiger partial charge on any atom is -0.374 e. The lowest BCUT2D eigenvalue weighted by Crippen LogP contribution is -2.58.